The van der Waals surface area contributed by atoms with E-state index in [4.69, 9.17) is 0 Å². The highest BCUT2D eigenvalue weighted by Gasteiger charge is 2.32. The molecule has 2 amide bonds. The summed E-state index contributed by atoms with van der Waals surface area (Å²) in [4.78, 5) is 15.2. The lowest BCUT2D eigenvalue weighted by Gasteiger charge is -2.24. The highest BCUT2D eigenvalue weighted by molar-refractivity contribution is 7.91. The lowest BCUT2D eigenvalue weighted by Crippen LogP contribution is -2.45. The zero-order valence-corrected chi connectivity index (χ0v) is 11.5. The van der Waals surface area contributed by atoms with E-state index >= 15 is 0 Å². The maximum atomic E-state index is 11.7. The Balaban J connectivity index is 2.37. The number of rotatable bonds is 4. The van der Waals surface area contributed by atoms with Gasteiger partial charge in [0.15, 0.2) is 9.84 Å². The Labute approximate surface area is 103 Å². The van der Waals surface area contributed by atoms with E-state index < -0.39 is 9.84 Å². The average Bonchev–Trinajstić information content (AvgIpc) is 2.57. The number of likely N-dealkylation sites (N-methyl/N-ethyl adjacent to an activating group) is 1. The van der Waals surface area contributed by atoms with Crippen molar-refractivity contribution in [2.45, 2.75) is 12.5 Å². The Kier molecular flexibility index (Phi) is 4.76. The van der Waals surface area contributed by atoms with Crippen LogP contribution in [-0.2, 0) is 9.84 Å². The van der Waals surface area contributed by atoms with Crippen molar-refractivity contribution in [1.29, 1.82) is 0 Å². The standard InChI is InChI=1S/C10H21N3O3S/c1-12(2)6-5-11-10(14)13(3)9-4-7-17(15,16)8-9/h9H,4-8H2,1-3H3,(H,11,14). The summed E-state index contributed by atoms with van der Waals surface area (Å²) in [6.45, 7) is 1.33. The van der Waals surface area contributed by atoms with Crippen LogP contribution in [0.15, 0.2) is 0 Å². The van der Waals surface area contributed by atoms with E-state index in [2.05, 4.69) is 5.32 Å². The van der Waals surface area contributed by atoms with E-state index in [1.165, 1.54) is 4.90 Å². The maximum absolute atomic E-state index is 11.7. The molecule has 0 bridgehead atoms. The normalized spacial score (nSPS) is 22.7. The summed E-state index contributed by atoms with van der Waals surface area (Å²) in [7, 11) is 2.57. The van der Waals surface area contributed by atoms with E-state index in [1.807, 2.05) is 19.0 Å². The first kappa shape index (κ1) is 14.2. The fraction of sp³-hybridized carbons (Fsp3) is 0.900. The zero-order valence-electron chi connectivity index (χ0n) is 10.6. The van der Waals surface area contributed by atoms with Gasteiger partial charge in [-0.05, 0) is 20.5 Å². The zero-order chi connectivity index (χ0) is 13.1. The number of carbonyl (C=O) groups is 1. The number of hydrogen-bond donors (Lipinski definition) is 1. The molecule has 1 unspecified atom stereocenters. The van der Waals surface area contributed by atoms with Gasteiger partial charge in [-0.15, -0.1) is 0 Å². The van der Waals surface area contributed by atoms with Gasteiger partial charge < -0.3 is 15.1 Å². The summed E-state index contributed by atoms with van der Waals surface area (Å²) in [6.07, 6.45) is 0.542. The lowest BCUT2D eigenvalue weighted by atomic mass is 10.2. The Morgan fingerprint density at radius 1 is 1.35 bits per heavy atom. The van der Waals surface area contributed by atoms with Crippen LogP contribution < -0.4 is 5.32 Å². The minimum atomic E-state index is -2.94. The van der Waals surface area contributed by atoms with Crippen molar-refractivity contribution in [3.8, 4) is 0 Å². The molecule has 0 aliphatic carbocycles. The van der Waals surface area contributed by atoms with Crippen LogP contribution in [0.3, 0.4) is 0 Å². The van der Waals surface area contributed by atoms with Crippen molar-refractivity contribution in [3.05, 3.63) is 0 Å². The number of carbonyl (C=O) groups excluding carboxylic acids is 1. The highest BCUT2D eigenvalue weighted by atomic mass is 32.2. The number of sulfone groups is 1. The highest BCUT2D eigenvalue weighted by Crippen LogP contribution is 2.16. The van der Waals surface area contributed by atoms with Crippen LogP contribution >= 0.6 is 0 Å². The molecule has 100 valence electrons. The van der Waals surface area contributed by atoms with Crippen LogP contribution in [0.2, 0.25) is 0 Å². The molecule has 1 saturated heterocycles. The maximum Gasteiger partial charge on any atom is 0.317 e. The Hall–Kier alpha value is -0.820. The van der Waals surface area contributed by atoms with Gasteiger partial charge in [0.2, 0.25) is 0 Å². The molecule has 1 atom stereocenters. The Bertz CT molecular complexity index is 367. The summed E-state index contributed by atoms with van der Waals surface area (Å²) in [5.41, 5.74) is 0. The number of nitrogens with zero attached hydrogens (tertiary/aromatic N) is 2. The van der Waals surface area contributed by atoms with Gasteiger partial charge in [-0.1, -0.05) is 0 Å². The molecule has 6 nitrogen and oxygen atoms in total. The van der Waals surface area contributed by atoms with Crippen molar-refractivity contribution >= 4 is 15.9 Å². The van der Waals surface area contributed by atoms with Crippen molar-refractivity contribution < 1.29 is 13.2 Å². The SMILES string of the molecule is CN(C)CCNC(=O)N(C)C1CCS(=O)(=O)C1. The summed E-state index contributed by atoms with van der Waals surface area (Å²) >= 11 is 0. The molecule has 17 heavy (non-hydrogen) atoms. The van der Waals surface area contributed by atoms with Gasteiger partial charge in [-0.2, -0.15) is 0 Å². The van der Waals surface area contributed by atoms with Crippen molar-refractivity contribution in [2.24, 2.45) is 0 Å². The molecule has 1 rings (SSSR count). The van der Waals surface area contributed by atoms with Crippen molar-refractivity contribution in [2.75, 3.05) is 45.7 Å². The summed E-state index contributed by atoms with van der Waals surface area (Å²) in [6, 6.07) is -0.381. The second-order valence-electron chi connectivity index (χ2n) is 4.70. The molecule has 1 heterocycles. The minimum Gasteiger partial charge on any atom is -0.337 e. The summed E-state index contributed by atoms with van der Waals surface area (Å²) in [5, 5.41) is 2.77. The Morgan fingerprint density at radius 2 is 2.00 bits per heavy atom. The predicted molar refractivity (Wildman–Crippen MR) is 66.8 cm³/mol. The van der Waals surface area contributed by atoms with Crippen LogP contribution in [0.1, 0.15) is 6.42 Å². The smallest absolute Gasteiger partial charge is 0.317 e. The molecular formula is C10H21N3O3S. The van der Waals surface area contributed by atoms with Crippen LogP contribution in [-0.4, -0.2) is 76.0 Å². The van der Waals surface area contributed by atoms with E-state index in [1.54, 1.807) is 7.05 Å². The van der Waals surface area contributed by atoms with Gasteiger partial charge in [0.05, 0.1) is 11.5 Å². The first-order valence-corrected chi connectivity index (χ1v) is 7.50. The number of urea groups is 1. The van der Waals surface area contributed by atoms with Crippen LogP contribution in [0.25, 0.3) is 0 Å². The number of hydrogen-bond acceptors (Lipinski definition) is 4. The molecule has 0 aromatic rings. The van der Waals surface area contributed by atoms with E-state index in [9.17, 15) is 13.2 Å². The van der Waals surface area contributed by atoms with E-state index in [0.717, 1.165) is 6.54 Å². The molecule has 1 N–H and O–H groups in total. The van der Waals surface area contributed by atoms with Gasteiger partial charge >= 0.3 is 6.03 Å². The van der Waals surface area contributed by atoms with Gasteiger partial charge in [0, 0.05) is 26.2 Å². The number of nitrogens with one attached hydrogen (secondary N) is 1. The average molecular weight is 263 g/mol. The fourth-order valence-corrected chi connectivity index (χ4v) is 3.53. The van der Waals surface area contributed by atoms with Crippen LogP contribution in [0, 0.1) is 0 Å². The molecule has 0 spiro atoms. The molecule has 1 aliphatic heterocycles. The minimum absolute atomic E-state index is 0.0879. The quantitative estimate of drug-likeness (QED) is 0.733. The van der Waals surface area contributed by atoms with Gasteiger partial charge in [0.1, 0.15) is 0 Å². The van der Waals surface area contributed by atoms with Gasteiger partial charge in [0.25, 0.3) is 0 Å². The van der Waals surface area contributed by atoms with Crippen LogP contribution in [0.4, 0.5) is 4.79 Å². The third-order valence-corrected chi connectivity index (χ3v) is 4.66. The van der Waals surface area contributed by atoms with Crippen molar-refractivity contribution in [1.82, 2.24) is 15.1 Å². The molecule has 0 aromatic heterocycles. The monoisotopic (exact) mass is 263 g/mol. The number of amides is 2. The van der Waals surface area contributed by atoms with E-state index in [0.29, 0.717) is 13.0 Å². The molecule has 1 fully saturated rings. The lowest BCUT2D eigenvalue weighted by molar-refractivity contribution is 0.194. The first-order chi connectivity index (χ1) is 7.82. The largest absolute Gasteiger partial charge is 0.337 e. The second kappa shape index (κ2) is 5.68. The molecular weight excluding hydrogens is 242 g/mol. The Morgan fingerprint density at radius 3 is 2.47 bits per heavy atom. The molecule has 7 heteroatoms. The molecule has 0 aromatic carbocycles. The predicted octanol–water partition coefficient (Wildman–Crippen LogP) is -0.623. The topological polar surface area (TPSA) is 69.7 Å². The summed E-state index contributed by atoms with van der Waals surface area (Å²) < 4.78 is 22.6. The molecule has 0 saturated carbocycles. The van der Waals surface area contributed by atoms with E-state index in [-0.39, 0.29) is 23.6 Å². The molecule has 1 aliphatic rings. The van der Waals surface area contributed by atoms with Crippen LogP contribution in [0.5, 0.6) is 0 Å². The fourth-order valence-electron chi connectivity index (χ4n) is 1.76. The third kappa shape index (κ3) is 4.51. The van der Waals surface area contributed by atoms with Gasteiger partial charge in [-0.25, -0.2) is 13.2 Å². The molecule has 0 radical (unpaired) electrons. The first-order valence-electron chi connectivity index (χ1n) is 5.67. The second-order valence-corrected chi connectivity index (χ2v) is 6.93. The third-order valence-electron chi connectivity index (χ3n) is 2.91. The summed E-state index contributed by atoms with van der Waals surface area (Å²) in [5.74, 6) is 0.275. The van der Waals surface area contributed by atoms with Crippen molar-refractivity contribution in [3.63, 3.8) is 0 Å². The van der Waals surface area contributed by atoms with Gasteiger partial charge in [-0.3, -0.25) is 0 Å².